The Balaban J connectivity index is 1.65. The largest absolute Gasteiger partial charge is 0.494 e. The van der Waals surface area contributed by atoms with Crippen LogP contribution in [-0.4, -0.2) is 43.2 Å². The SMILES string of the molecule is CCOc1ccc(OCC)c(NC(=O)CN2CCC[C@@H]3CCCC[C@@H]32)c1. The molecule has 1 N–H and O–H groups in total. The average molecular weight is 360 g/mol. The number of anilines is 1. The highest BCUT2D eigenvalue weighted by Crippen LogP contribution is 2.35. The summed E-state index contributed by atoms with van der Waals surface area (Å²) < 4.78 is 11.2. The number of ether oxygens (including phenoxy) is 2. The van der Waals surface area contributed by atoms with Crippen molar-refractivity contribution < 1.29 is 14.3 Å². The molecule has 1 aromatic carbocycles. The third kappa shape index (κ3) is 4.70. The number of carbonyl (C=O) groups is 1. The molecule has 1 aliphatic heterocycles. The number of hydrogen-bond acceptors (Lipinski definition) is 4. The molecule has 144 valence electrons. The molecule has 2 aliphatic rings. The molecule has 2 fully saturated rings. The fourth-order valence-electron chi connectivity index (χ4n) is 4.44. The summed E-state index contributed by atoms with van der Waals surface area (Å²) in [4.78, 5) is 15.1. The molecule has 26 heavy (non-hydrogen) atoms. The third-order valence-electron chi connectivity index (χ3n) is 5.54. The molecule has 1 saturated carbocycles. The molecular weight excluding hydrogens is 328 g/mol. The Labute approximate surface area is 157 Å². The van der Waals surface area contributed by atoms with E-state index in [1.165, 1.54) is 38.5 Å². The van der Waals surface area contributed by atoms with Crippen LogP contribution in [0.5, 0.6) is 11.5 Å². The molecule has 1 amide bonds. The van der Waals surface area contributed by atoms with Crippen LogP contribution in [0.1, 0.15) is 52.4 Å². The maximum absolute atomic E-state index is 12.7. The van der Waals surface area contributed by atoms with Gasteiger partial charge in [-0.15, -0.1) is 0 Å². The van der Waals surface area contributed by atoms with Gasteiger partial charge >= 0.3 is 0 Å². The molecule has 0 aromatic heterocycles. The first-order chi connectivity index (χ1) is 12.7. The van der Waals surface area contributed by atoms with Gasteiger partial charge in [-0.05, 0) is 64.1 Å². The highest BCUT2D eigenvalue weighted by molar-refractivity contribution is 5.94. The van der Waals surface area contributed by atoms with Gasteiger partial charge in [0.2, 0.25) is 5.91 Å². The number of nitrogens with one attached hydrogen (secondary N) is 1. The van der Waals surface area contributed by atoms with Crippen molar-refractivity contribution in [1.82, 2.24) is 4.90 Å². The number of benzene rings is 1. The second-order valence-corrected chi connectivity index (χ2v) is 7.30. The smallest absolute Gasteiger partial charge is 0.238 e. The number of carbonyl (C=O) groups excluding carboxylic acids is 1. The molecule has 0 spiro atoms. The van der Waals surface area contributed by atoms with Crippen LogP contribution in [0.2, 0.25) is 0 Å². The first-order valence-corrected chi connectivity index (χ1v) is 10.1. The molecule has 2 atom stereocenters. The zero-order valence-corrected chi connectivity index (χ0v) is 16.1. The summed E-state index contributed by atoms with van der Waals surface area (Å²) in [5.74, 6) is 2.26. The minimum atomic E-state index is 0.0332. The quantitative estimate of drug-likeness (QED) is 0.796. The fraction of sp³-hybridized carbons (Fsp3) is 0.667. The summed E-state index contributed by atoms with van der Waals surface area (Å²) in [6.45, 7) is 6.55. The normalized spacial score (nSPS) is 23.2. The van der Waals surface area contributed by atoms with Gasteiger partial charge in [0, 0.05) is 12.1 Å². The highest BCUT2D eigenvalue weighted by Gasteiger charge is 2.33. The summed E-state index contributed by atoms with van der Waals surface area (Å²) in [5, 5.41) is 3.05. The van der Waals surface area contributed by atoms with Gasteiger partial charge in [-0.25, -0.2) is 0 Å². The van der Waals surface area contributed by atoms with E-state index in [-0.39, 0.29) is 5.91 Å². The lowest BCUT2D eigenvalue weighted by Crippen LogP contribution is -2.49. The van der Waals surface area contributed by atoms with Crippen molar-refractivity contribution in [3.05, 3.63) is 18.2 Å². The Kier molecular flexibility index (Phi) is 6.78. The van der Waals surface area contributed by atoms with E-state index in [1.807, 2.05) is 32.0 Å². The Hall–Kier alpha value is -1.75. The lowest BCUT2D eigenvalue weighted by Gasteiger charge is -2.43. The molecule has 1 aromatic rings. The lowest BCUT2D eigenvalue weighted by molar-refractivity contribution is -0.118. The van der Waals surface area contributed by atoms with Crippen LogP contribution < -0.4 is 14.8 Å². The molecule has 5 heteroatoms. The number of likely N-dealkylation sites (tertiary alicyclic amines) is 1. The van der Waals surface area contributed by atoms with Crippen LogP contribution in [0.25, 0.3) is 0 Å². The van der Waals surface area contributed by atoms with E-state index in [0.717, 1.165) is 18.2 Å². The second kappa shape index (κ2) is 9.26. The van der Waals surface area contributed by atoms with Gasteiger partial charge in [-0.2, -0.15) is 0 Å². The molecular formula is C21H32N2O3. The van der Waals surface area contributed by atoms with Crippen LogP contribution >= 0.6 is 0 Å². The number of piperidine rings is 1. The molecule has 1 saturated heterocycles. The summed E-state index contributed by atoms with van der Waals surface area (Å²) in [6.07, 6.45) is 7.75. The monoisotopic (exact) mass is 360 g/mol. The van der Waals surface area contributed by atoms with Crippen LogP contribution in [0.15, 0.2) is 18.2 Å². The van der Waals surface area contributed by atoms with E-state index in [2.05, 4.69) is 10.2 Å². The van der Waals surface area contributed by atoms with Crippen LogP contribution in [-0.2, 0) is 4.79 Å². The van der Waals surface area contributed by atoms with Gasteiger partial charge in [-0.3, -0.25) is 9.69 Å². The highest BCUT2D eigenvalue weighted by atomic mass is 16.5. The summed E-state index contributed by atoms with van der Waals surface area (Å²) >= 11 is 0. The van der Waals surface area contributed by atoms with Gasteiger partial charge in [0.15, 0.2) is 0 Å². The molecule has 3 rings (SSSR count). The topological polar surface area (TPSA) is 50.8 Å². The van der Waals surface area contributed by atoms with Gasteiger partial charge in [-0.1, -0.05) is 12.8 Å². The zero-order valence-electron chi connectivity index (χ0n) is 16.1. The van der Waals surface area contributed by atoms with Crippen molar-refractivity contribution in [3.63, 3.8) is 0 Å². The minimum absolute atomic E-state index is 0.0332. The lowest BCUT2D eigenvalue weighted by atomic mass is 9.78. The van der Waals surface area contributed by atoms with Crippen LogP contribution in [0, 0.1) is 5.92 Å². The van der Waals surface area contributed by atoms with Crippen molar-refractivity contribution >= 4 is 11.6 Å². The zero-order chi connectivity index (χ0) is 18.4. The molecule has 1 heterocycles. The maximum atomic E-state index is 12.7. The molecule has 1 aliphatic carbocycles. The molecule has 0 bridgehead atoms. The van der Waals surface area contributed by atoms with Crippen LogP contribution in [0.3, 0.4) is 0 Å². The van der Waals surface area contributed by atoms with Gasteiger partial charge in [0.1, 0.15) is 11.5 Å². The van der Waals surface area contributed by atoms with Crippen molar-refractivity contribution in [2.75, 3.05) is 31.6 Å². The van der Waals surface area contributed by atoms with Crippen molar-refractivity contribution in [1.29, 1.82) is 0 Å². The van der Waals surface area contributed by atoms with Crippen molar-refractivity contribution in [3.8, 4) is 11.5 Å². The van der Waals surface area contributed by atoms with E-state index >= 15 is 0 Å². The molecule has 0 radical (unpaired) electrons. The van der Waals surface area contributed by atoms with Gasteiger partial charge in [0.05, 0.1) is 25.4 Å². The Morgan fingerprint density at radius 3 is 2.69 bits per heavy atom. The predicted molar refractivity (Wildman–Crippen MR) is 104 cm³/mol. The Bertz CT molecular complexity index is 603. The number of amides is 1. The predicted octanol–water partition coefficient (Wildman–Crippen LogP) is 4.08. The Morgan fingerprint density at radius 1 is 1.12 bits per heavy atom. The first-order valence-electron chi connectivity index (χ1n) is 10.1. The third-order valence-corrected chi connectivity index (χ3v) is 5.54. The van der Waals surface area contributed by atoms with E-state index in [0.29, 0.717) is 37.2 Å². The number of nitrogens with zero attached hydrogens (tertiary/aromatic N) is 1. The summed E-state index contributed by atoms with van der Waals surface area (Å²) in [6, 6.07) is 6.18. The van der Waals surface area contributed by atoms with E-state index in [9.17, 15) is 4.79 Å². The molecule has 5 nitrogen and oxygen atoms in total. The van der Waals surface area contributed by atoms with Gasteiger partial charge < -0.3 is 14.8 Å². The summed E-state index contributed by atoms with van der Waals surface area (Å²) in [5.41, 5.74) is 0.694. The van der Waals surface area contributed by atoms with Crippen LogP contribution in [0.4, 0.5) is 5.69 Å². The fourth-order valence-corrected chi connectivity index (χ4v) is 4.44. The Morgan fingerprint density at radius 2 is 1.88 bits per heavy atom. The summed E-state index contributed by atoms with van der Waals surface area (Å²) in [7, 11) is 0. The minimum Gasteiger partial charge on any atom is -0.494 e. The number of fused-ring (bicyclic) bond motifs is 1. The average Bonchev–Trinajstić information content (AvgIpc) is 2.64. The standard InChI is InChI=1S/C21H32N2O3/c1-3-25-17-11-12-20(26-4-2)18(14-17)22-21(24)15-23-13-7-9-16-8-5-6-10-19(16)23/h11-12,14,16,19H,3-10,13,15H2,1-2H3,(H,22,24)/t16-,19-/m0/s1. The second-order valence-electron chi connectivity index (χ2n) is 7.30. The van der Waals surface area contributed by atoms with Gasteiger partial charge in [0.25, 0.3) is 0 Å². The van der Waals surface area contributed by atoms with Crippen molar-refractivity contribution in [2.45, 2.75) is 58.4 Å². The first kappa shape index (κ1) is 19.0. The van der Waals surface area contributed by atoms with Crippen molar-refractivity contribution in [2.24, 2.45) is 5.92 Å². The molecule has 0 unspecified atom stereocenters. The maximum Gasteiger partial charge on any atom is 0.238 e. The van der Waals surface area contributed by atoms with E-state index in [4.69, 9.17) is 9.47 Å². The van der Waals surface area contributed by atoms with E-state index in [1.54, 1.807) is 0 Å². The number of rotatable bonds is 7. The number of hydrogen-bond donors (Lipinski definition) is 1. The van der Waals surface area contributed by atoms with E-state index < -0.39 is 0 Å².